The molecule has 150 valence electrons. The van der Waals surface area contributed by atoms with E-state index in [1.807, 2.05) is 43.3 Å². The summed E-state index contributed by atoms with van der Waals surface area (Å²) in [6.07, 6.45) is 2.40. The van der Waals surface area contributed by atoms with Gasteiger partial charge >= 0.3 is 5.97 Å². The third-order valence-electron chi connectivity index (χ3n) is 5.09. The fourth-order valence-electron chi connectivity index (χ4n) is 3.62. The average Bonchev–Trinajstić information content (AvgIpc) is 2.70. The molecule has 1 aliphatic carbocycles. The number of carbonyl (C=O) groups excluding carboxylic acids is 1. The Kier molecular flexibility index (Phi) is 7.06. The van der Waals surface area contributed by atoms with E-state index in [1.165, 1.54) is 11.1 Å². The molecule has 0 saturated heterocycles. The molecule has 0 saturated carbocycles. The van der Waals surface area contributed by atoms with Gasteiger partial charge in [-0.05, 0) is 61.9 Å². The molecule has 0 radical (unpaired) electrons. The van der Waals surface area contributed by atoms with Gasteiger partial charge in [0.1, 0.15) is 5.75 Å². The predicted octanol–water partition coefficient (Wildman–Crippen LogP) is 3.12. The van der Waals surface area contributed by atoms with Gasteiger partial charge < -0.3 is 19.9 Å². The van der Waals surface area contributed by atoms with E-state index in [4.69, 9.17) is 9.47 Å². The topological polar surface area (TPSA) is 67.8 Å². The minimum Gasteiger partial charge on any atom is -0.482 e. The summed E-state index contributed by atoms with van der Waals surface area (Å²) < 4.78 is 10.4. The van der Waals surface area contributed by atoms with Crippen LogP contribution in [0.3, 0.4) is 0 Å². The maximum absolute atomic E-state index is 11.5. The average molecular weight is 383 g/mol. The third kappa shape index (κ3) is 5.57. The number of hydrogen-bond donors (Lipinski definition) is 2. The van der Waals surface area contributed by atoms with Gasteiger partial charge in [-0.25, -0.2) is 4.79 Å². The Bertz CT molecular complexity index is 805. The summed E-state index contributed by atoms with van der Waals surface area (Å²) in [5.41, 5.74) is 4.65. The molecule has 0 amide bonds. The van der Waals surface area contributed by atoms with Crippen LogP contribution in [0.15, 0.2) is 42.5 Å². The van der Waals surface area contributed by atoms with Crippen LogP contribution in [0.4, 0.5) is 0 Å². The first-order valence-electron chi connectivity index (χ1n) is 9.93. The zero-order valence-electron chi connectivity index (χ0n) is 16.6. The van der Waals surface area contributed by atoms with Crippen LogP contribution in [0.1, 0.15) is 41.7 Å². The molecule has 0 heterocycles. The zero-order chi connectivity index (χ0) is 19.9. The van der Waals surface area contributed by atoms with Crippen molar-refractivity contribution >= 4 is 5.97 Å². The fraction of sp³-hybridized carbons (Fsp3) is 0.435. The highest BCUT2D eigenvalue weighted by molar-refractivity contribution is 5.71. The molecule has 0 fully saturated rings. The lowest BCUT2D eigenvalue weighted by molar-refractivity contribution is -0.145. The largest absolute Gasteiger partial charge is 0.482 e. The van der Waals surface area contributed by atoms with Crippen molar-refractivity contribution in [1.29, 1.82) is 0 Å². The number of aliphatic hydroxyl groups excluding tert-OH is 1. The van der Waals surface area contributed by atoms with E-state index in [0.29, 0.717) is 24.9 Å². The fourth-order valence-corrected chi connectivity index (χ4v) is 3.62. The summed E-state index contributed by atoms with van der Waals surface area (Å²) >= 11 is 0. The van der Waals surface area contributed by atoms with E-state index in [0.717, 1.165) is 30.4 Å². The molecule has 28 heavy (non-hydrogen) atoms. The molecule has 0 unspecified atom stereocenters. The Morgan fingerprint density at radius 3 is 2.89 bits per heavy atom. The van der Waals surface area contributed by atoms with Crippen molar-refractivity contribution in [3.8, 4) is 5.75 Å². The van der Waals surface area contributed by atoms with Crippen LogP contribution in [0.25, 0.3) is 0 Å². The van der Waals surface area contributed by atoms with Crippen molar-refractivity contribution in [2.45, 2.75) is 45.3 Å². The first kappa shape index (κ1) is 20.4. The second-order valence-electron chi connectivity index (χ2n) is 7.30. The summed E-state index contributed by atoms with van der Waals surface area (Å²) in [6, 6.07) is 14.3. The highest BCUT2D eigenvalue weighted by atomic mass is 16.6. The lowest BCUT2D eigenvalue weighted by Crippen LogP contribution is -2.37. The van der Waals surface area contributed by atoms with Gasteiger partial charge in [0.2, 0.25) is 0 Å². The number of benzene rings is 2. The number of hydrogen-bond acceptors (Lipinski definition) is 5. The minimum atomic E-state index is -0.513. The summed E-state index contributed by atoms with van der Waals surface area (Å²) in [4.78, 5) is 11.5. The molecule has 3 rings (SSSR count). The lowest BCUT2D eigenvalue weighted by atomic mass is 9.88. The van der Waals surface area contributed by atoms with Crippen molar-refractivity contribution < 1.29 is 19.4 Å². The second-order valence-corrected chi connectivity index (χ2v) is 7.30. The van der Waals surface area contributed by atoms with Crippen LogP contribution >= 0.6 is 0 Å². The van der Waals surface area contributed by atoms with Gasteiger partial charge in [0.05, 0.1) is 12.7 Å². The molecule has 2 N–H and O–H groups in total. The van der Waals surface area contributed by atoms with Crippen molar-refractivity contribution in [3.63, 3.8) is 0 Å². The molecule has 0 aliphatic heterocycles. The first-order chi connectivity index (χ1) is 13.5. The van der Waals surface area contributed by atoms with Crippen LogP contribution in [0, 0.1) is 6.92 Å². The van der Waals surface area contributed by atoms with Crippen molar-refractivity contribution in [1.82, 2.24) is 5.32 Å². The number of ether oxygens (including phenoxy) is 2. The quantitative estimate of drug-likeness (QED) is 0.686. The van der Waals surface area contributed by atoms with E-state index in [1.54, 1.807) is 6.92 Å². The third-order valence-corrected chi connectivity index (χ3v) is 5.09. The highest BCUT2D eigenvalue weighted by Crippen LogP contribution is 2.26. The van der Waals surface area contributed by atoms with E-state index in [9.17, 15) is 9.90 Å². The summed E-state index contributed by atoms with van der Waals surface area (Å²) in [6.45, 7) is 4.62. The molecule has 0 bridgehead atoms. The number of nitrogens with one attached hydrogen (secondary N) is 1. The van der Waals surface area contributed by atoms with Gasteiger partial charge in [-0.1, -0.05) is 35.9 Å². The standard InChI is InChI=1S/C23H29NO4/c1-3-27-23(26)15-28-21-10-8-17-7-9-20(12-19(17)13-21)24-14-22(25)18-6-4-5-16(2)11-18/h4-6,8,10-11,13,20,22,24-25H,3,7,9,12,14-15H2,1-2H3/t20-,22-/m0/s1. The Morgan fingerprint density at radius 1 is 1.25 bits per heavy atom. The van der Waals surface area contributed by atoms with Gasteiger partial charge in [0, 0.05) is 12.6 Å². The number of rotatable bonds is 8. The zero-order valence-corrected chi connectivity index (χ0v) is 16.6. The van der Waals surface area contributed by atoms with Gasteiger partial charge in [0.15, 0.2) is 6.61 Å². The Balaban J connectivity index is 1.54. The Labute approximate surface area is 166 Å². The molecule has 0 aromatic heterocycles. The molecule has 0 spiro atoms. The Morgan fingerprint density at radius 2 is 2.11 bits per heavy atom. The van der Waals surface area contributed by atoms with E-state index in [-0.39, 0.29) is 12.6 Å². The molecular formula is C23H29NO4. The van der Waals surface area contributed by atoms with Gasteiger partial charge in [-0.3, -0.25) is 0 Å². The van der Waals surface area contributed by atoms with Gasteiger partial charge in [-0.2, -0.15) is 0 Å². The van der Waals surface area contributed by atoms with Crippen molar-refractivity contribution in [3.05, 3.63) is 64.7 Å². The predicted molar refractivity (Wildman–Crippen MR) is 109 cm³/mol. The van der Waals surface area contributed by atoms with E-state index < -0.39 is 6.10 Å². The van der Waals surface area contributed by atoms with Crippen LogP contribution in [0.2, 0.25) is 0 Å². The number of aryl methyl sites for hydroxylation is 2. The Hall–Kier alpha value is -2.37. The number of fused-ring (bicyclic) bond motifs is 1. The van der Waals surface area contributed by atoms with Gasteiger partial charge in [0.25, 0.3) is 0 Å². The van der Waals surface area contributed by atoms with Crippen LogP contribution in [-0.4, -0.2) is 36.9 Å². The molecule has 2 aromatic rings. The first-order valence-corrected chi connectivity index (χ1v) is 9.93. The van der Waals surface area contributed by atoms with E-state index in [2.05, 4.69) is 11.4 Å². The van der Waals surface area contributed by atoms with Crippen molar-refractivity contribution in [2.75, 3.05) is 19.8 Å². The monoisotopic (exact) mass is 383 g/mol. The normalized spacial score (nSPS) is 16.9. The molecule has 2 aromatic carbocycles. The van der Waals surface area contributed by atoms with Gasteiger partial charge in [-0.15, -0.1) is 0 Å². The van der Waals surface area contributed by atoms with Crippen LogP contribution in [0.5, 0.6) is 5.75 Å². The summed E-state index contributed by atoms with van der Waals surface area (Å²) in [5.74, 6) is 0.331. The lowest BCUT2D eigenvalue weighted by Gasteiger charge is -2.27. The van der Waals surface area contributed by atoms with Crippen molar-refractivity contribution in [2.24, 2.45) is 0 Å². The SMILES string of the molecule is CCOC(=O)COc1ccc2c(c1)C[C@@H](NC[C@H](O)c1cccc(C)c1)CC2. The summed E-state index contributed by atoms with van der Waals surface area (Å²) in [7, 11) is 0. The molecule has 2 atom stereocenters. The molecule has 5 heteroatoms. The van der Waals surface area contributed by atoms with E-state index >= 15 is 0 Å². The number of aliphatic hydroxyl groups is 1. The molecular weight excluding hydrogens is 354 g/mol. The highest BCUT2D eigenvalue weighted by Gasteiger charge is 2.20. The number of carbonyl (C=O) groups is 1. The van der Waals surface area contributed by atoms with Crippen LogP contribution < -0.4 is 10.1 Å². The maximum atomic E-state index is 11.5. The second kappa shape index (κ2) is 9.71. The molecule has 5 nitrogen and oxygen atoms in total. The maximum Gasteiger partial charge on any atom is 0.344 e. The smallest absolute Gasteiger partial charge is 0.344 e. The molecule has 1 aliphatic rings. The minimum absolute atomic E-state index is 0.0724. The number of esters is 1. The summed E-state index contributed by atoms with van der Waals surface area (Å²) in [5, 5.41) is 14.0. The van der Waals surface area contributed by atoms with Crippen LogP contribution in [-0.2, 0) is 22.4 Å².